The second-order valence-corrected chi connectivity index (χ2v) is 3.43. The molecule has 17 heavy (non-hydrogen) atoms. The van der Waals surface area contributed by atoms with Crippen LogP contribution in [0.15, 0.2) is 28.8 Å². The van der Waals surface area contributed by atoms with E-state index >= 15 is 0 Å². The third kappa shape index (κ3) is 2.60. The van der Waals surface area contributed by atoms with E-state index in [1.165, 1.54) is 6.07 Å². The van der Waals surface area contributed by atoms with Crippen LogP contribution >= 0.6 is 0 Å². The van der Waals surface area contributed by atoms with E-state index in [4.69, 9.17) is 9.63 Å². The Labute approximate surface area is 96.5 Å². The van der Waals surface area contributed by atoms with Gasteiger partial charge in [0.15, 0.2) is 5.82 Å². The van der Waals surface area contributed by atoms with Gasteiger partial charge in [-0.05, 0) is 12.1 Å². The Balaban J connectivity index is 2.18. The fourth-order valence-electron chi connectivity index (χ4n) is 1.34. The number of phenolic OH excluding ortho intramolecular Hbond substituents is 1. The van der Waals surface area contributed by atoms with Gasteiger partial charge >= 0.3 is 5.97 Å². The van der Waals surface area contributed by atoms with E-state index in [-0.39, 0.29) is 24.5 Å². The average Bonchev–Trinajstić information content (AvgIpc) is 2.75. The van der Waals surface area contributed by atoms with Crippen molar-refractivity contribution >= 4 is 5.97 Å². The Morgan fingerprint density at radius 1 is 1.35 bits per heavy atom. The molecule has 0 aliphatic rings. The number of aliphatic carboxylic acids is 1. The molecule has 0 aliphatic heterocycles. The molecule has 0 saturated carbocycles. The van der Waals surface area contributed by atoms with Gasteiger partial charge in [0.25, 0.3) is 5.89 Å². The number of carboxylic acid groups (broad SMARTS) is 1. The van der Waals surface area contributed by atoms with Crippen molar-refractivity contribution in [3.8, 4) is 17.2 Å². The van der Waals surface area contributed by atoms with Gasteiger partial charge in [-0.15, -0.1) is 0 Å². The van der Waals surface area contributed by atoms with Crippen molar-refractivity contribution in [3.63, 3.8) is 0 Å². The average molecular weight is 234 g/mol. The zero-order chi connectivity index (χ0) is 12.3. The van der Waals surface area contributed by atoms with Crippen LogP contribution in [0.4, 0.5) is 0 Å². The smallest absolute Gasteiger partial charge is 0.303 e. The molecule has 0 atom stereocenters. The van der Waals surface area contributed by atoms with Crippen LogP contribution in [-0.4, -0.2) is 26.3 Å². The number of hydrogen-bond acceptors (Lipinski definition) is 5. The van der Waals surface area contributed by atoms with Crippen LogP contribution in [0.25, 0.3) is 11.5 Å². The number of carbonyl (C=O) groups is 1. The highest BCUT2D eigenvalue weighted by molar-refractivity contribution is 5.67. The summed E-state index contributed by atoms with van der Waals surface area (Å²) in [5, 5.41) is 21.7. The zero-order valence-corrected chi connectivity index (χ0v) is 8.83. The molecular weight excluding hydrogens is 224 g/mol. The largest absolute Gasteiger partial charge is 0.507 e. The highest BCUT2D eigenvalue weighted by Crippen LogP contribution is 2.26. The van der Waals surface area contributed by atoms with E-state index in [9.17, 15) is 9.90 Å². The molecule has 0 amide bonds. The van der Waals surface area contributed by atoms with Gasteiger partial charge in [0.2, 0.25) is 0 Å². The molecule has 0 saturated heterocycles. The Bertz CT molecular complexity index is 536. The van der Waals surface area contributed by atoms with Crippen molar-refractivity contribution < 1.29 is 19.5 Å². The topological polar surface area (TPSA) is 96.5 Å². The second kappa shape index (κ2) is 4.65. The molecule has 6 nitrogen and oxygen atoms in total. The highest BCUT2D eigenvalue weighted by atomic mass is 16.5. The highest BCUT2D eigenvalue weighted by Gasteiger charge is 2.12. The minimum atomic E-state index is -0.918. The van der Waals surface area contributed by atoms with Crippen molar-refractivity contribution in [1.29, 1.82) is 0 Å². The SMILES string of the molecule is O=C(O)CCc1noc(-c2ccccc2O)n1. The Morgan fingerprint density at radius 2 is 2.12 bits per heavy atom. The predicted octanol–water partition coefficient (Wildman–Crippen LogP) is 1.46. The number of phenols is 1. The number of para-hydroxylation sites is 1. The number of aryl methyl sites for hydroxylation is 1. The number of carboxylic acids is 1. The lowest BCUT2D eigenvalue weighted by Crippen LogP contribution is -1.98. The van der Waals surface area contributed by atoms with E-state index in [1.54, 1.807) is 18.2 Å². The molecule has 0 fully saturated rings. The van der Waals surface area contributed by atoms with Crippen LogP contribution in [0, 0.1) is 0 Å². The fraction of sp³-hybridized carbons (Fsp3) is 0.182. The number of aromatic nitrogens is 2. The Kier molecular flexibility index (Phi) is 3.04. The molecule has 0 aliphatic carbocycles. The van der Waals surface area contributed by atoms with Crippen LogP contribution in [0.3, 0.4) is 0 Å². The number of hydrogen-bond donors (Lipinski definition) is 2. The maximum absolute atomic E-state index is 10.4. The number of benzene rings is 1. The van der Waals surface area contributed by atoms with E-state index in [1.807, 2.05) is 0 Å². The first-order valence-corrected chi connectivity index (χ1v) is 4.99. The van der Waals surface area contributed by atoms with Gasteiger partial charge in [0.05, 0.1) is 12.0 Å². The van der Waals surface area contributed by atoms with Crippen LogP contribution in [0.5, 0.6) is 5.75 Å². The molecule has 88 valence electrons. The third-order valence-corrected chi connectivity index (χ3v) is 2.17. The van der Waals surface area contributed by atoms with Gasteiger partial charge in [0.1, 0.15) is 5.75 Å². The van der Waals surface area contributed by atoms with Gasteiger partial charge in [0, 0.05) is 6.42 Å². The zero-order valence-electron chi connectivity index (χ0n) is 8.83. The summed E-state index contributed by atoms with van der Waals surface area (Å²) in [6, 6.07) is 6.57. The summed E-state index contributed by atoms with van der Waals surface area (Å²) < 4.78 is 4.95. The van der Waals surface area contributed by atoms with E-state index in [0.717, 1.165) is 0 Å². The first-order chi connectivity index (χ1) is 8.16. The van der Waals surface area contributed by atoms with Crippen LogP contribution in [0.2, 0.25) is 0 Å². The van der Waals surface area contributed by atoms with Crippen molar-refractivity contribution in [1.82, 2.24) is 10.1 Å². The maximum atomic E-state index is 10.4. The van der Waals surface area contributed by atoms with Gasteiger partial charge < -0.3 is 14.7 Å². The van der Waals surface area contributed by atoms with Gasteiger partial charge in [-0.2, -0.15) is 4.98 Å². The summed E-state index contributed by atoms with van der Waals surface area (Å²) in [5.41, 5.74) is 0.432. The molecule has 2 aromatic rings. The molecular formula is C11H10N2O4. The normalized spacial score (nSPS) is 10.4. The molecule has 0 bridgehead atoms. The molecule has 0 spiro atoms. The maximum Gasteiger partial charge on any atom is 0.303 e. The quantitative estimate of drug-likeness (QED) is 0.831. The van der Waals surface area contributed by atoms with Gasteiger partial charge in [-0.25, -0.2) is 0 Å². The number of rotatable bonds is 4. The molecule has 2 rings (SSSR count). The molecule has 1 heterocycles. The molecule has 2 N–H and O–H groups in total. The van der Waals surface area contributed by atoms with E-state index < -0.39 is 5.97 Å². The van der Waals surface area contributed by atoms with Crippen LogP contribution < -0.4 is 0 Å². The molecule has 0 radical (unpaired) electrons. The van der Waals surface area contributed by atoms with Gasteiger partial charge in [-0.1, -0.05) is 17.3 Å². The summed E-state index contributed by atoms with van der Waals surface area (Å²) in [4.78, 5) is 14.4. The Morgan fingerprint density at radius 3 is 2.82 bits per heavy atom. The fourth-order valence-corrected chi connectivity index (χ4v) is 1.34. The van der Waals surface area contributed by atoms with Crippen molar-refractivity contribution in [2.24, 2.45) is 0 Å². The summed E-state index contributed by atoms with van der Waals surface area (Å²) >= 11 is 0. The minimum Gasteiger partial charge on any atom is -0.507 e. The monoisotopic (exact) mass is 234 g/mol. The van der Waals surface area contributed by atoms with E-state index in [0.29, 0.717) is 11.4 Å². The second-order valence-electron chi connectivity index (χ2n) is 3.43. The lowest BCUT2D eigenvalue weighted by molar-refractivity contribution is -0.137. The predicted molar refractivity (Wildman–Crippen MR) is 57.4 cm³/mol. The number of nitrogens with zero attached hydrogens (tertiary/aromatic N) is 2. The third-order valence-electron chi connectivity index (χ3n) is 2.17. The summed E-state index contributed by atoms with van der Waals surface area (Å²) in [6.07, 6.45) is 0.145. The van der Waals surface area contributed by atoms with Crippen LogP contribution in [-0.2, 0) is 11.2 Å². The van der Waals surface area contributed by atoms with Crippen molar-refractivity contribution in [2.75, 3.05) is 0 Å². The molecule has 0 unspecified atom stereocenters. The van der Waals surface area contributed by atoms with Gasteiger partial charge in [-0.3, -0.25) is 4.79 Å². The first kappa shape index (κ1) is 11.1. The summed E-state index contributed by atoms with van der Waals surface area (Å²) in [6.45, 7) is 0. The van der Waals surface area contributed by atoms with Crippen molar-refractivity contribution in [3.05, 3.63) is 30.1 Å². The lowest BCUT2D eigenvalue weighted by Gasteiger charge is -1.96. The number of aromatic hydroxyl groups is 1. The molecule has 1 aromatic carbocycles. The lowest BCUT2D eigenvalue weighted by atomic mass is 10.2. The standard InChI is InChI=1S/C11H10N2O4/c14-8-4-2-1-3-7(8)11-12-9(13-17-11)5-6-10(15)16/h1-4,14H,5-6H2,(H,15,16). The summed E-state index contributed by atoms with van der Waals surface area (Å²) in [5.74, 6) is -0.381. The van der Waals surface area contributed by atoms with Crippen LogP contribution in [0.1, 0.15) is 12.2 Å². The summed E-state index contributed by atoms with van der Waals surface area (Å²) in [7, 11) is 0. The Hall–Kier alpha value is -2.37. The first-order valence-electron chi connectivity index (χ1n) is 4.99. The molecule has 6 heteroatoms. The minimum absolute atomic E-state index is 0.0425. The van der Waals surface area contributed by atoms with Crippen molar-refractivity contribution in [2.45, 2.75) is 12.8 Å². The van der Waals surface area contributed by atoms with E-state index in [2.05, 4.69) is 10.1 Å². The molecule has 1 aromatic heterocycles.